The van der Waals surface area contributed by atoms with E-state index < -0.39 is 0 Å². The Kier molecular flexibility index (Phi) is 6.55. The highest BCUT2D eigenvalue weighted by Crippen LogP contribution is 2.31. The maximum Gasteiger partial charge on any atom is 0.138 e. The SMILES string of the molecule is CC(C)Oc1ccc(CNc2ccc(N3CCCCC3)c(Cl)c2)cc1Cl. The van der Waals surface area contributed by atoms with Crippen LogP contribution in [-0.2, 0) is 6.54 Å². The third kappa shape index (κ3) is 4.99. The molecule has 0 aromatic heterocycles. The maximum absolute atomic E-state index is 6.52. The third-order valence-corrected chi connectivity index (χ3v) is 5.10. The number of nitrogens with one attached hydrogen (secondary N) is 1. The van der Waals surface area contributed by atoms with Crippen LogP contribution in [0.25, 0.3) is 0 Å². The summed E-state index contributed by atoms with van der Waals surface area (Å²) < 4.78 is 5.67. The predicted molar refractivity (Wildman–Crippen MR) is 112 cm³/mol. The van der Waals surface area contributed by atoms with Gasteiger partial charge in [0.2, 0.25) is 0 Å². The number of hydrogen-bond donors (Lipinski definition) is 1. The summed E-state index contributed by atoms with van der Waals surface area (Å²) in [5.74, 6) is 0.722. The number of piperidine rings is 1. The lowest BCUT2D eigenvalue weighted by Crippen LogP contribution is -2.29. The predicted octanol–water partition coefficient (Wildman–Crippen LogP) is 6.38. The Bertz CT molecular complexity index is 743. The molecule has 1 N–H and O–H groups in total. The first-order valence-electron chi connectivity index (χ1n) is 9.26. The summed E-state index contributed by atoms with van der Waals surface area (Å²) in [4.78, 5) is 2.38. The van der Waals surface area contributed by atoms with Crippen molar-refractivity contribution in [3.8, 4) is 5.75 Å². The Morgan fingerprint density at radius 1 is 1.00 bits per heavy atom. The van der Waals surface area contributed by atoms with E-state index in [4.69, 9.17) is 27.9 Å². The van der Waals surface area contributed by atoms with Crippen molar-refractivity contribution in [2.24, 2.45) is 0 Å². The highest BCUT2D eigenvalue weighted by molar-refractivity contribution is 6.33. The number of rotatable bonds is 6. The summed E-state index contributed by atoms with van der Waals surface area (Å²) in [6, 6.07) is 12.1. The fourth-order valence-electron chi connectivity index (χ4n) is 3.22. The van der Waals surface area contributed by atoms with Gasteiger partial charge in [-0.15, -0.1) is 0 Å². The molecule has 1 saturated heterocycles. The van der Waals surface area contributed by atoms with E-state index in [-0.39, 0.29) is 6.10 Å². The van der Waals surface area contributed by atoms with E-state index in [0.29, 0.717) is 11.6 Å². The quantitative estimate of drug-likeness (QED) is 0.616. The lowest BCUT2D eigenvalue weighted by molar-refractivity contribution is 0.242. The Balaban J connectivity index is 1.62. The smallest absolute Gasteiger partial charge is 0.138 e. The molecule has 2 aromatic rings. The van der Waals surface area contributed by atoms with Crippen molar-refractivity contribution < 1.29 is 4.74 Å². The van der Waals surface area contributed by atoms with Gasteiger partial charge in [0, 0.05) is 25.3 Å². The summed E-state index contributed by atoms with van der Waals surface area (Å²) in [7, 11) is 0. The maximum atomic E-state index is 6.52. The molecule has 2 aromatic carbocycles. The topological polar surface area (TPSA) is 24.5 Å². The van der Waals surface area contributed by atoms with Gasteiger partial charge in [-0.25, -0.2) is 0 Å². The van der Waals surface area contributed by atoms with E-state index in [0.717, 1.165) is 40.8 Å². The van der Waals surface area contributed by atoms with Gasteiger partial charge in [0.15, 0.2) is 0 Å². The summed E-state index contributed by atoms with van der Waals surface area (Å²) in [6.07, 6.45) is 3.91. The van der Waals surface area contributed by atoms with Crippen LogP contribution in [0.15, 0.2) is 36.4 Å². The van der Waals surface area contributed by atoms with E-state index in [9.17, 15) is 0 Å². The fraction of sp³-hybridized carbons (Fsp3) is 0.429. The second-order valence-electron chi connectivity index (χ2n) is 7.00. The molecular formula is C21H26Cl2N2O. The number of anilines is 2. The van der Waals surface area contributed by atoms with Gasteiger partial charge in [-0.05, 0) is 69.0 Å². The third-order valence-electron chi connectivity index (χ3n) is 4.50. The van der Waals surface area contributed by atoms with Crippen LogP contribution >= 0.6 is 23.2 Å². The van der Waals surface area contributed by atoms with Gasteiger partial charge in [0.05, 0.1) is 21.8 Å². The zero-order chi connectivity index (χ0) is 18.5. The molecule has 0 radical (unpaired) electrons. The molecule has 1 fully saturated rings. The average molecular weight is 393 g/mol. The highest BCUT2D eigenvalue weighted by atomic mass is 35.5. The van der Waals surface area contributed by atoms with Gasteiger partial charge in [-0.1, -0.05) is 29.3 Å². The Morgan fingerprint density at radius 2 is 1.77 bits per heavy atom. The largest absolute Gasteiger partial charge is 0.489 e. The van der Waals surface area contributed by atoms with Crippen molar-refractivity contribution in [1.29, 1.82) is 0 Å². The fourth-order valence-corrected chi connectivity index (χ4v) is 3.76. The van der Waals surface area contributed by atoms with Crippen molar-refractivity contribution in [2.45, 2.75) is 45.8 Å². The molecule has 140 valence electrons. The van der Waals surface area contributed by atoms with Gasteiger partial charge < -0.3 is 15.0 Å². The molecule has 26 heavy (non-hydrogen) atoms. The second-order valence-corrected chi connectivity index (χ2v) is 7.81. The van der Waals surface area contributed by atoms with Crippen molar-refractivity contribution in [3.63, 3.8) is 0 Å². The Morgan fingerprint density at radius 3 is 2.42 bits per heavy atom. The number of ether oxygens (including phenoxy) is 1. The van der Waals surface area contributed by atoms with Crippen LogP contribution in [0.1, 0.15) is 38.7 Å². The first-order valence-corrected chi connectivity index (χ1v) is 10.0. The molecule has 0 bridgehead atoms. The molecule has 0 aliphatic carbocycles. The summed E-state index contributed by atoms with van der Waals surface area (Å²) in [5.41, 5.74) is 3.24. The van der Waals surface area contributed by atoms with E-state index in [1.165, 1.54) is 19.3 Å². The number of benzene rings is 2. The van der Waals surface area contributed by atoms with Crippen LogP contribution < -0.4 is 15.0 Å². The number of hydrogen-bond acceptors (Lipinski definition) is 3. The molecule has 3 rings (SSSR count). The zero-order valence-corrected chi connectivity index (χ0v) is 16.9. The van der Waals surface area contributed by atoms with E-state index >= 15 is 0 Å². The monoisotopic (exact) mass is 392 g/mol. The van der Waals surface area contributed by atoms with Gasteiger partial charge in [0.25, 0.3) is 0 Å². The minimum atomic E-state index is 0.108. The normalized spacial score (nSPS) is 14.6. The minimum Gasteiger partial charge on any atom is -0.489 e. The van der Waals surface area contributed by atoms with Crippen molar-refractivity contribution in [3.05, 3.63) is 52.0 Å². The number of halogens is 2. The van der Waals surface area contributed by atoms with Crippen LogP contribution in [0.3, 0.4) is 0 Å². The molecule has 0 amide bonds. The van der Waals surface area contributed by atoms with Crippen molar-refractivity contribution in [2.75, 3.05) is 23.3 Å². The molecule has 0 spiro atoms. The Hall–Kier alpha value is -1.58. The lowest BCUT2D eigenvalue weighted by Gasteiger charge is -2.29. The van der Waals surface area contributed by atoms with Gasteiger partial charge in [-0.3, -0.25) is 0 Å². The molecule has 0 saturated carbocycles. The number of nitrogens with zero attached hydrogens (tertiary/aromatic N) is 1. The van der Waals surface area contributed by atoms with Crippen LogP contribution in [0.5, 0.6) is 5.75 Å². The first-order chi connectivity index (χ1) is 12.5. The zero-order valence-electron chi connectivity index (χ0n) is 15.4. The Labute approximate surface area is 166 Å². The van der Waals surface area contributed by atoms with Crippen LogP contribution in [0, 0.1) is 0 Å². The molecular weight excluding hydrogens is 367 g/mol. The first kappa shape index (κ1) is 19.2. The van der Waals surface area contributed by atoms with Crippen LogP contribution in [0.4, 0.5) is 11.4 Å². The molecule has 0 unspecified atom stereocenters. The van der Waals surface area contributed by atoms with E-state index in [1.807, 2.05) is 38.1 Å². The van der Waals surface area contributed by atoms with Gasteiger partial charge in [0.1, 0.15) is 5.75 Å². The van der Waals surface area contributed by atoms with Crippen LogP contribution in [0.2, 0.25) is 10.0 Å². The molecule has 1 heterocycles. The standard InChI is InChI=1S/C21H26Cl2N2O/c1-15(2)26-21-9-6-16(12-19(21)23)14-24-17-7-8-20(18(22)13-17)25-10-4-3-5-11-25/h6-9,12-13,15,24H,3-5,10-11,14H2,1-2H3. The summed E-state index contributed by atoms with van der Waals surface area (Å²) in [6.45, 7) is 6.85. The summed E-state index contributed by atoms with van der Waals surface area (Å²) >= 11 is 12.8. The molecule has 0 atom stereocenters. The lowest BCUT2D eigenvalue weighted by atomic mass is 10.1. The minimum absolute atomic E-state index is 0.108. The van der Waals surface area contributed by atoms with Crippen molar-refractivity contribution in [1.82, 2.24) is 0 Å². The van der Waals surface area contributed by atoms with E-state index in [1.54, 1.807) is 0 Å². The molecule has 1 aliphatic heterocycles. The highest BCUT2D eigenvalue weighted by Gasteiger charge is 2.14. The van der Waals surface area contributed by atoms with Crippen LogP contribution in [-0.4, -0.2) is 19.2 Å². The summed E-state index contributed by atoms with van der Waals surface area (Å²) in [5, 5.41) is 4.85. The average Bonchev–Trinajstić information content (AvgIpc) is 2.62. The van der Waals surface area contributed by atoms with Gasteiger partial charge >= 0.3 is 0 Å². The molecule has 5 heteroatoms. The van der Waals surface area contributed by atoms with Crippen molar-refractivity contribution >= 4 is 34.6 Å². The molecule has 1 aliphatic rings. The van der Waals surface area contributed by atoms with Gasteiger partial charge in [-0.2, -0.15) is 0 Å². The second kappa shape index (κ2) is 8.88. The molecule has 3 nitrogen and oxygen atoms in total. The van der Waals surface area contributed by atoms with E-state index in [2.05, 4.69) is 22.3 Å².